The number of phenolic OH excluding ortho intramolecular Hbond substituents is 2. The van der Waals surface area contributed by atoms with Crippen LogP contribution in [0, 0.1) is 6.92 Å². The molecule has 2 rings (SSSR count). The van der Waals surface area contributed by atoms with Crippen molar-refractivity contribution < 1.29 is 15.0 Å². The monoisotopic (exact) mass is 322 g/mol. The number of pyridine rings is 1. The molecule has 1 aromatic carbocycles. The summed E-state index contributed by atoms with van der Waals surface area (Å²) in [6.45, 7) is 1.85. The quantitative estimate of drug-likeness (QED) is 0.586. The number of carbonyl (C=O) groups excluding carboxylic acids is 1. The lowest BCUT2D eigenvalue weighted by Gasteiger charge is -2.08. The molecule has 6 heteroatoms. The number of benzene rings is 1. The van der Waals surface area contributed by atoms with Crippen molar-refractivity contribution in [1.29, 1.82) is 0 Å². The number of hydrogen-bond acceptors (Lipinski definition) is 4. The van der Waals surface area contributed by atoms with Gasteiger partial charge in [0.05, 0.1) is 17.4 Å². The Morgan fingerprint density at radius 3 is 2.74 bits per heavy atom. The van der Waals surface area contributed by atoms with Gasteiger partial charge in [-0.25, -0.2) is 4.98 Å². The van der Waals surface area contributed by atoms with Gasteiger partial charge in [-0.3, -0.25) is 4.79 Å². The fourth-order valence-corrected chi connectivity index (χ4v) is 1.75. The Labute approximate surface area is 118 Å². The van der Waals surface area contributed by atoms with Crippen LogP contribution in [-0.2, 0) is 0 Å². The average molecular weight is 323 g/mol. The van der Waals surface area contributed by atoms with E-state index >= 15 is 0 Å². The topological polar surface area (TPSA) is 82.5 Å². The summed E-state index contributed by atoms with van der Waals surface area (Å²) >= 11 is 3.26. The number of aromatic hydroxyl groups is 2. The minimum atomic E-state index is -0.517. The maximum absolute atomic E-state index is 12.0. The van der Waals surface area contributed by atoms with Crippen LogP contribution < -0.4 is 5.32 Å². The molecule has 0 spiro atoms. The number of aromatic nitrogens is 1. The van der Waals surface area contributed by atoms with Crippen LogP contribution in [0.2, 0.25) is 0 Å². The highest BCUT2D eigenvalue weighted by atomic mass is 79.9. The van der Waals surface area contributed by atoms with Gasteiger partial charge in [0.25, 0.3) is 5.91 Å². The van der Waals surface area contributed by atoms with Crippen LogP contribution in [0.25, 0.3) is 0 Å². The van der Waals surface area contributed by atoms with Crippen LogP contribution in [0.5, 0.6) is 11.5 Å². The third-order valence-electron chi connectivity index (χ3n) is 2.50. The van der Waals surface area contributed by atoms with Crippen molar-refractivity contribution in [2.45, 2.75) is 6.92 Å². The van der Waals surface area contributed by atoms with Crippen LogP contribution in [0.15, 0.2) is 35.1 Å². The molecule has 0 bridgehead atoms. The van der Waals surface area contributed by atoms with Gasteiger partial charge in [-0.05, 0) is 52.7 Å². The Hall–Kier alpha value is -2.08. The molecule has 0 saturated carbocycles. The number of nitrogens with one attached hydrogen (secondary N) is 1. The average Bonchev–Trinajstić information content (AvgIpc) is 2.36. The van der Waals surface area contributed by atoms with Crippen molar-refractivity contribution in [1.82, 2.24) is 4.98 Å². The largest absolute Gasteiger partial charge is 0.508 e. The minimum absolute atomic E-state index is 0.000529. The van der Waals surface area contributed by atoms with Gasteiger partial charge in [-0.1, -0.05) is 0 Å². The number of hydrogen-bond donors (Lipinski definition) is 3. The summed E-state index contributed by atoms with van der Waals surface area (Å²) in [5.74, 6) is -0.804. The summed E-state index contributed by atoms with van der Waals surface area (Å²) in [4.78, 5) is 16.0. The first-order chi connectivity index (χ1) is 8.97. The van der Waals surface area contributed by atoms with E-state index in [1.165, 1.54) is 24.4 Å². The highest BCUT2D eigenvalue weighted by Gasteiger charge is 2.12. The van der Waals surface area contributed by atoms with Crippen LogP contribution >= 0.6 is 15.9 Å². The Balaban J connectivity index is 2.25. The predicted molar refractivity (Wildman–Crippen MR) is 74.4 cm³/mol. The Kier molecular flexibility index (Phi) is 3.71. The second-order valence-corrected chi connectivity index (χ2v) is 4.74. The number of anilines is 1. The summed E-state index contributed by atoms with van der Waals surface area (Å²) < 4.78 is 0.700. The molecule has 1 aromatic heterocycles. The summed E-state index contributed by atoms with van der Waals surface area (Å²) in [5.41, 5.74) is 1.38. The van der Waals surface area contributed by atoms with Gasteiger partial charge in [0, 0.05) is 0 Å². The Bertz CT molecular complexity index is 644. The molecule has 0 radical (unpaired) electrons. The molecule has 3 N–H and O–H groups in total. The zero-order valence-electron chi connectivity index (χ0n) is 10.0. The van der Waals surface area contributed by atoms with Gasteiger partial charge < -0.3 is 15.5 Å². The van der Waals surface area contributed by atoms with E-state index in [1.807, 2.05) is 6.92 Å². The SMILES string of the molecule is Cc1cc(NC(=O)c2cc(O)ccc2O)cnc1Br. The molecule has 0 saturated heterocycles. The summed E-state index contributed by atoms with van der Waals surface area (Å²) in [6.07, 6.45) is 1.49. The van der Waals surface area contributed by atoms with Gasteiger partial charge in [-0.15, -0.1) is 0 Å². The third kappa shape index (κ3) is 3.03. The van der Waals surface area contributed by atoms with Crippen molar-refractivity contribution in [3.63, 3.8) is 0 Å². The molecule has 5 nitrogen and oxygen atoms in total. The lowest BCUT2D eigenvalue weighted by Crippen LogP contribution is -2.12. The first-order valence-electron chi connectivity index (χ1n) is 5.43. The van der Waals surface area contributed by atoms with Crippen LogP contribution in [0.1, 0.15) is 15.9 Å². The molecule has 1 amide bonds. The molecule has 0 unspecified atom stereocenters. The lowest BCUT2D eigenvalue weighted by molar-refractivity contribution is 0.102. The van der Waals surface area contributed by atoms with Crippen molar-refractivity contribution in [2.24, 2.45) is 0 Å². The van der Waals surface area contributed by atoms with Crippen molar-refractivity contribution in [3.05, 3.63) is 46.2 Å². The molecule has 2 aromatic rings. The number of halogens is 1. The number of phenols is 2. The van der Waals surface area contributed by atoms with E-state index in [9.17, 15) is 15.0 Å². The summed E-state index contributed by atoms with van der Waals surface area (Å²) in [7, 11) is 0. The van der Waals surface area contributed by atoms with Crippen LogP contribution in [0.4, 0.5) is 5.69 Å². The molecular formula is C13H11BrN2O3. The summed E-state index contributed by atoms with van der Waals surface area (Å²) in [6, 6.07) is 5.51. The molecule has 0 aliphatic rings. The van der Waals surface area contributed by atoms with E-state index in [1.54, 1.807) is 6.07 Å². The molecule has 19 heavy (non-hydrogen) atoms. The molecule has 1 heterocycles. The van der Waals surface area contributed by atoms with E-state index in [0.717, 1.165) is 5.56 Å². The van der Waals surface area contributed by atoms with E-state index in [4.69, 9.17) is 0 Å². The maximum Gasteiger partial charge on any atom is 0.259 e. The molecule has 98 valence electrons. The zero-order valence-corrected chi connectivity index (χ0v) is 11.6. The lowest BCUT2D eigenvalue weighted by atomic mass is 10.1. The van der Waals surface area contributed by atoms with Crippen molar-refractivity contribution in [3.8, 4) is 11.5 Å². The van der Waals surface area contributed by atoms with E-state index in [0.29, 0.717) is 10.3 Å². The highest BCUT2D eigenvalue weighted by molar-refractivity contribution is 9.10. The first-order valence-corrected chi connectivity index (χ1v) is 6.22. The third-order valence-corrected chi connectivity index (χ3v) is 3.33. The maximum atomic E-state index is 12.0. The molecule has 0 aliphatic heterocycles. The van der Waals surface area contributed by atoms with Gasteiger partial charge in [-0.2, -0.15) is 0 Å². The molecular weight excluding hydrogens is 312 g/mol. The smallest absolute Gasteiger partial charge is 0.259 e. The summed E-state index contributed by atoms with van der Waals surface area (Å²) in [5, 5.41) is 21.5. The second kappa shape index (κ2) is 5.27. The fraction of sp³-hybridized carbons (Fsp3) is 0.0769. The number of aryl methyl sites for hydroxylation is 1. The fourth-order valence-electron chi connectivity index (χ4n) is 1.53. The predicted octanol–water partition coefficient (Wildman–Crippen LogP) is 2.82. The zero-order chi connectivity index (χ0) is 14.0. The van der Waals surface area contributed by atoms with Crippen LogP contribution in [0.3, 0.4) is 0 Å². The number of rotatable bonds is 2. The van der Waals surface area contributed by atoms with Crippen molar-refractivity contribution >= 4 is 27.5 Å². The standard InChI is InChI=1S/C13H11BrN2O3/c1-7-4-8(6-15-12(7)14)16-13(19)10-5-9(17)2-3-11(10)18/h2-6,17-18H,1H3,(H,16,19). The Morgan fingerprint density at radius 2 is 2.05 bits per heavy atom. The first kappa shape index (κ1) is 13.4. The molecule has 0 aliphatic carbocycles. The normalized spacial score (nSPS) is 10.2. The highest BCUT2D eigenvalue weighted by Crippen LogP contribution is 2.23. The molecule has 0 atom stereocenters. The van der Waals surface area contributed by atoms with Gasteiger partial charge in [0.1, 0.15) is 16.1 Å². The molecule has 0 fully saturated rings. The Morgan fingerprint density at radius 1 is 1.32 bits per heavy atom. The van der Waals surface area contributed by atoms with E-state index in [2.05, 4.69) is 26.2 Å². The van der Waals surface area contributed by atoms with E-state index < -0.39 is 5.91 Å². The number of nitrogens with zero attached hydrogens (tertiary/aromatic N) is 1. The van der Waals surface area contributed by atoms with Gasteiger partial charge in [0.15, 0.2) is 0 Å². The van der Waals surface area contributed by atoms with Gasteiger partial charge in [0.2, 0.25) is 0 Å². The number of carbonyl (C=O) groups is 1. The van der Waals surface area contributed by atoms with Gasteiger partial charge >= 0.3 is 0 Å². The van der Waals surface area contributed by atoms with Crippen molar-refractivity contribution in [2.75, 3.05) is 5.32 Å². The van der Waals surface area contributed by atoms with E-state index in [-0.39, 0.29) is 17.1 Å². The number of amides is 1. The van der Waals surface area contributed by atoms with Crippen LogP contribution in [-0.4, -0.2) is 21.1 Å². The second-order valence-electron chi connectivity index (χ2n) is 3.99. The minimum Gasteiger partial charge on any atom is -0.508 e.